The third-order valence-electron chi connectivity index (χ3n) is 3.43. The first-order valence-corrected chi connectivity index (χ1v) is 7.25. The third kappa shape index (κ3) is 6.54. The Morgan fingerprint density at radius 3 is 2.40 bits per heavy atom. The van der Waals surface area contributed by atoms with Gasteiger partial charge in [0.05, 0.1) is 0 Å². The first kappa shape index (κ1) is 16.5. The Labute approximate surface area is 119 Å². The average Bonchev–Trinajstić information content (AvgIpc) is 2.38. The Hall–Kier alpha value is -1.59. The molecule has 6 heteroatoms. The molecule has 1 unspecified atom stereocenters. The molecule has 1 atom stereocenters. The molecule has 0 aromatic heterocycles. The van der Waals surface area contributed by atoms with E-state index in [-0.39, 0.29) is 30.6 Å². The van der Waals surface area contributed by atoms with Crippen LogP contribution in [-0.4, -0.2) is 47.4 Å². The number of carboxylic acids is 1. The largest absolute Gasteiger partial charge is 0.481 e. The number of likely N-dealkylation sites (tertiary alicyclic amines) is 1. The van der Waals surface area contributed by atoms with Gasteiger partial charge in [-0.3, -0.25) is 14.4 Å². The van der Waals surface area contributed by atoms with Crippen molar-refractivity contribution in [2.75, 3.05) is 19.6 Å². The number of carboxylic acid groups (broad SMARTS) is 1. The predicted octanol–water partition coefficient (Wildman–Crippen LogP) is 1.01. The van der Waals surface area contributed by atoms with E-state index in [1.165, 1.54) is 6.42 Å². The molecule has 1 fully saturated rings. The van der Waals surface area contributed by atoms with Gasteiger partial charge in [-0.2, -0.15) is 0 Å². The molecule has 1 saturated heterocycles. The Morgan fingerprint density at radius 2 is 1.80 bits per heavy atom. The fourth-order valence-corrected chi connectivity index (χ4v) is 2.37. The van der Waals surface area contributed by atoms with Crippen LogP contribution in [0.25, 0.3) is 0 Å². The highest BCUT2D eigenvalue weighted by Gasteiger charge is 2.17. The summed E-state index contributed by atoms with van der Waals surface area (Å²) in [5.41, 5.74) is 0. The Bertz CT molecular complexity index is 351. The molecule has 0 bridgehead atoms. The molecule has 20 heavy (non-hydrogen) atoms. The first-order valence-electron chi connectivity index (χ1n) is 7.25. The minimum Gasteiger partial charge on any atom is -0.481 e. The molecule has 0 saturated carbocycles. The number of rotatable bonds is 7. The van der Waals surface area contributed by atoms with Gasteiger partial charge in [-0.05, 0) is 25.2 Å². The van der Waals surface area contributed by atoms with Gasteiger partial charge in [0, 0.05) is 38.9 Å². The number of carbonyl (C=O) groups excluding carboxylic acids is 2. The lowest BCUT2D eigenvalue weighted by atomic mass is 10.0. The molecule has 1 rings (SSSR count). The maximum atomic E-state index is 11.8. The topological polar surface area (TPSA) is 86.7 Å². The number of hydrogen-bond acceptors (Lipinski definition) is 3. The van der Waals surface area contributed by atoms with E-state index in [0.717, 1.165) is 25.9 Å². The summed E-state index contributed by atoms with van der Waals surface area (Å²) in [7, 11) is 0. The highest BCUT2D eigenvalue weighted by atomic mass is 16.4. The van der Waals surface area contributed by atoms with E-state index in [4.69, 9.17) is 5.11 Å². The number of nitrogens with one attached hydrogen (secondary N) is 1. The van der Waals surface area contributed by atoms with Crippen molar-refractivity contribution in [3.8, 4) is 0 Å². The number of piperidine rings is 1. The van der Waals surface area contributed by atoms with Gasteiger partial charge in [0.15, 0.2) is 0 Å². The van der Waals surface area contributed by atoms with Crippen molar-refractivity contribution in [1.29, 1.82) is 0 Å². The van der Waals surface area contributed by atoms with Crippen LogP contribution in [0.5, 0.6) is 0 Å². The fraction of sp³-hybridized carbons (Fsp3) is 0.786. The van der Waals surface area contributed by atoms with Crippen molar-refractivity contribution in [3.63, 3.8) is 0 Å². The van der Waals surface area contributed by atoms with E-state index >= 15 is 0 Å². The van der Waals surface area contributed by atoms with Gasteiger partial charge in [-0.25, -0.2) is 0 Å². The zero-order valence-electron chi connectivity index (χ0n) is 12.1. The minimum atomic E-state index is -0.898. The SMILES string of the molecule is CC(CC(=O)O)CC(=O)NCCC(=O)N1CCCCC1. The molecule has 0 radical (unpaired) electrons. The predicted molar refractivity (Wildman–Crippen MR) is 74.1 cm³/mol. The van der Waals surface area contributed by atoms with Gasteiger partial charge >= 0.3 is 5.97 Å². The molecule has 0 aromatic carbocycles. The second kappa shape index (κ2) is 8.55. The first-order chi connectivity index (χ1) is 9.49. The van der Waals surface area contributed by atoms with Crippen LogP contribution in [0.1, 0.15) is 45.4 Å². The highest BCUT2D eigenvalue weighted by Crippen LogP contribution is 2.10. The molecular formula is C14H24N2O4. The molecule has 0 aromatic rings. The number of carbonyl (C=O) groups is 3. The maximum Gasteiger partial charge on any atom is 0.303 e. The molecule has 0 spiro atoms. The Kier molecular flexibility index (Phi) is 7.04. The average molecular weight is 284 g/mol. The van der Waals surface area contributed by atoms with Crippen molar-refractivity contribution in [2.45, 2.75) is 45.4 Å². The summed E-state index contributed by atoms with van der Waals surface area (Å²) in [5.74, 6) is -1.19. The van der Waals surface area contributed by atoms with E-state index in [2.05, 4.69) is 5.32 Å². The monoisotopic (exact) mass is 284 g/mol. The van der Waals surface area contributed by atoms with Crippen LogP contribution in [0.15, 0.2) is 0 Å². The summed E-state index contributed by atoms with van der Waals surface area (Å²) in [4.78, 5) is 35.7. The summed E-state index contributed by atoms with van der Waals surface area (Å²) in [6, 6.07) is 0. The molecule has 1 heterocycles. The zero-order valence-corrected chi connectivity index (χ0v) is 12.1. The fourth-order valence-electron chi connectivity index (χ4n) is 2.37. The van der Waals surface area contributed by atoms with Crippen LogP contribution in [0.2, 0.25) is 0 Å². The second-order valence-corrected chi connectivity index (χ2v) is 5.45. The molecule has 1 aliphatic rings. The standard InChI is InChI=1S/C14H24N2O4/c1-11(10-14(19)20)9-12(17)15-6-5-13(18)16-7-3-2-4-8-16/h11H,2-10H2,1H3,(H,15,17)(H,19,20). The zero-order chi connectivity index (χ0) is 15.0. The third-order valence-corrected chi connectivity index (χ3v) is 3.43. The van der Waals surface area contributed by atoms with Crippen LogP contribution in [-0.2, 0) is 14.4 Å². The second-order valence-electron chi connectivity index (χ2n) is 5.45. The summed E-state index contributed by atoms with van der Waals surface area (Å²) >= 11 is 0. The van der Waals surface area contributed by atoms with Crippen molar-refractivity contribution in [2.24, 2.45) is 5.92 Å². The van der Waals surface area contributed by atoms with E-state index in [1.807, 2.05) is 4.90 Å². The molecule has 114 valence electrons. The Morgan fingerprint density at radius 1 is 1.15 bits per heavy atom. The lowest BCUT2D eigenvalue weighted by Gasteiger charge is -2.26. The minimum absolute atomic E-state index is 0.0138. The lowest BCUT2D eigenvalue weighted by Crippen LogP contribution is -2.38. The van der Waals surface area contributed by atoms with Gasteiger partial charge in [-0.15, -0.1) is 0 Å². The van der Waals surface area contributed by atoms with Gasteiger partial charge in [-0.1, -0.05) is 6.92 Å². The van der Waals surface area contributed by atoms with E-state index in [9.17, 15) is 14.4 Å². The maximum absolute atomic E-state index is 11.8. The Balaban J connectivity index is 2.14. The van der Waals surface area contributed by atoms with E-state index < -0.39 is 5.97 Å². The quantitative estimate of drug-likeness (QED) is 0.730. The molecule has 2 N–H and O–H groups in total. The van der Waals surface area contributed by atoms with Crippen LogP contribution in [0, 0.1) is 5.92 Å². The van der Waals surface area contributed by atoms with Crippen LogP contribution in [0.3, 0.4) is 0 Å². The number of hydrogen-bond donors (Lipinski definition) is 2. The summed E-state index contributed by atoms with van der Waals surface area (Å²) in [5, 5.41) is 11.3. The van der Waals surface area contributed by atoms with E-state index in [0.29, 0.717) is 13.0 Å². The summed E-state index contributed by atoms with van der Waals surface area (Å²) in [6.45, 7) is 3.70. The smallest absolute Gasteiger partial charge is 0.303 e. The van der Waals surface area contributed by atoms with Gasteiger partial charge in [0.2, 0.25) is 11.8 Å². The normalized spacial score (nSPS) is 16.6. The lowest BCUT2D eigenvalue weighted by molar-refractivity contribution is -0.138. The number of amides is 2. The van der Waals surface area contributed by atoms with Crippen LogP contribution >= 0.6 is 0 Å². The van der Waals surface area contributed by atoms with Crippen LogP contribution in [0.4, 0.5) is 0 Å². The van der Waals surface area contributed by atoms with Crippen LogP contribution < -0.4 is 5.32 Å². The van der Waals surface area contributed by atoms with Crippen molar-refractivity contribution in [3.05, 3.63) is 0 Å². The molecule has 1 aliphatic heterocycles. The van der Waals surface area contributed by atoms with Crippen molar-refractivity contribution < 1.29 is 19.5 Å². The van der Waals surface area contributed by atoms with Gasteiger partial charge in [0.1, 0.15) is 0 Å². The highest BCUT2D eigenvalue weighted by molar-refractivity contribution is 5.79. The number of nitrogens with zero attached hydrogens (tertiary/aromatic N) is 1. The van der Waals surface area contributed by atoms with Gasteiger partial charge < -0.3 is 15.3 Å². The number of aliphatic carboxylic acids is 1. The van der Waals surface area contributed by atoms with Gasteiger partial charge in [0.25, 0.3) is 0 Å². The molecule has 0 aliphatic carbocycles. The van der Waals surface area contributed by atoms with Crippen molar-refractivity contribution >= 4 is 17.8 Å². The van der Waals surface area contributed by atoms with Crippen molar-refractivity contribution in [1.82, 2.24) is 10.2 Å². The summed E-state index contributed by atoms with van der Waals surface area (Å²) in [6.07, 6.45) is 3.79. The summed E-state index contributed by atoms with van der Waals surface area (Å²) < 4.78 is 0. The molecule has 6 nitrogen and oxygen atoms in total. The van der Waals surface area contributed by atoms with E-state index in [1.54, 1.807) is 6.92 Å². The molecule has 2 amide bonds. The molecular weight excluding hydrogens is 260 g/mol.